The van der Waals surface area contributed by atoms with Crippen molar-refractivity contribution in [1.82, 2.24) is 4.90 Å². The Hall–Kier alpha value is -0.490. The van der Waals surface area contributed by atoms with Crippen molar-refractivity contribution in [2.24, 2.45) is 0 Å². The molecule has 0 saturated heterocycles. The largest absolute Gasteiger partial charge is 0.294 e. The fourth-order valence-electron chi connectivity index (χ4n) is 1.73. The molecule has 0 atom stereocenters. The maximum absolute atomic E-state index is 12.1. The van der Waals surface area contributed by atoms with Gasteiger partial charge in [0.2, 0.25) is 0 Å². The highest BCUT2D eigenvalue weighted by atomic mass is 79.9. The van der Waals surface area contributed by atoms with Gasteiger partial charge in [-0.05, 0) is 41.2 Å². The highest BCUT2D eigenvalue weighted by Crippen LogP contribution is 2.21. The summed E-state index contributed by atoms with van der Waals surface area (Å²) in [4.78, 5) is 15.4. The fraction of sp³-hybridized carbons (Fsp3) is 0.214. The number of carbonyl (C=O) groups excluding carboxylic acids is 1. The molecule has 0 saturated carbocycles. The maximum Gasteiger partial charge on any atom is 0.176 e. The Morgan fingerprint density at radius 3 is 2.47 bits per heavy atom. The van der Waals surface area contributed by atoms with E-state index in [4.69, 9.17) is 0 Å². The van der Waals surface area contributed by atoms with Crippen molar-refractivity contribution in [2.45, 2.75) is 6.54 Å². The van der Waals surface area contributed by atoms with Gasteiger partial charge in [0.1, 0.15) is 0 Å². The van der Waals surface area contributed by atoms with Gasteiger partial charge < -0.3 is 0 Å². The van der Waals surface area contributed by atoms with E-state index in [0.29, 0.717) is 6.54 Å². The summed E-state index contributed by atoms with van der Waals surface area (Å²) in [6.07, 6.45) is 0. The van der Waals surface area contributed by atoms with Crippen LogP contribution in [0.5, 0.6) is 0 Å². The molecule has 0 unspecified atom stereocenters. The molecule has 1 aromatic carbocycles. The lowest BCUT2D eigenvalue weighted by Crippen LogP contribution is -2.25. The van der Waals surface area contributed by atoms with Gasteiger partial charge in [-0.15, -0.1) is 11.3 Å². The number of rotatable bonds is 5. The summed E-state index contributed by atoms with van der Waals surface area (Å²) in [5.41, 5.74) is 0.752. The van der Waals surface area contributed by atoms with E-state index < -0.39 is 0 Å². The second-order valence-electron chi connectivity index (χ2n) is 4.33. The molecule has 0 bridgehead atoms. The molecule has 0 aliphatic carbocycles. The van der Waals surface area contributed by atoms with Crippen LogP contribution in [0.25, 0.3) is 0 Å². The molecular weight excluding hydrogens is 390 g/mol. The predicted octanol–water partition coefficient (Wildman–Crippen LogP) is 4.59. The maximum atomic E-state index is 12.1. The fourth-order valence-corrected chi connectivity index (χ4v) is 3.53. The number of benzene rings is 1. The van der Waals surface area contributed by atoms with Gasteiger partial charge in [-0.3, -0.25) is 9.69 Å². The normalized spacial score (nSPS) is 10.9. The summed E-state index contributed by atoms with van der Waals surface area (Å²) >= 11 is 8.50. The Balaban J connectivity index is 1.93. The van der Waals surface area contributed by atoms with Gasteiger partial charge in [0.05, 0.1) is 6.54 Å². The number of nitrogens with zero attached hydrogens (tertiary/aromatic N) is 1. The Morgan fingerprint density at radius 1 is 1.21 bits per heavy atom. The van der Waals surface area contributed by atoms with E-state index >= 15 is 0 Å². The zero-order chi connectivity index (χ0) is 13.8. The van der Waals surface area contributed by atoms with Crippen molar-refractivity contribution in [1.29, 1.82) is 0 Å². The van der Waals surface area contributed by atoms with Gasteiger partial charge in [0.25, 0.3) is 0 Å². The molecule has 100 valence electrons. The highest BCUT2D eigenvalue weighted by Gasteiger charge is 2.10. The van der Waals surface area contributed by atoms with Gasteiger partial charge in [-0.25, -0.2) is 0 Å². The third kappa shape index (κ3) is 4.53. The van der Waals surface area contributed by atoms with Crippen LogP contribution in [0, 0.1) is 0 Å². The summed E-state index contributed by atoms with van der Waals surface area (Å²) in [5, 5.41) is 2.06. The Kier molecular flexibility index (Phi) is 5.33. The third-order valence-corrected chi connectivity index (χ3v) is 4.84. The van der Waals surface area contributed by atoms with E-state index in [1.165, 1.54) is 4.88 Å². The number of hydrogen-bond donors (Lipinski definition) is 0. The van der Waals surface area contributed by atoms with E-state index in [-0.39, 0.29) is 5.78 Å². The lowest BCUT2D eigenvalue weighted by Gasteiger charge is -2.14. The number of carbonyl (C=O) groups is 1. The van der Waals surface area contributed by atoms with Crippen LogP contribution >= 0.6 is 43.2 Å². The van der Waals surface area contributed by atoms with Crippen LogP contribution in [0.15, 0.2) is 44.7 Å². The Labute approximate surface area is 133 Å². The van der Waals surface area contributed by atoms with Crippen LogP contribution in [0.2, 0.25) is 0 Å². The lowest BCUT2D eigenvalue weighted by molar-refractivity contribution is 0.0943. The van der Waals surface area contributed by atoms with Gasteiger partial charge in [-0.2, -0.15) is 0 Å². The first-order valence-electron chi connectivity index (χ1n) is 5.75. The van der Waals surface area contributed by atoms with E-state index in [9.17, 15) is 4.79 Å². The number of Topliss-reactive ketones (excluding diaryl/α,β-unsaturated/α-hetero) is 1. The van der Waals surface area contributed by atoms with Crippen LogP contribution in [0.1, 0.15) is 15.2 Å². The minimum atomic E-state index is 0.144. The molecule has 0 radical (unpaired) electrons. The van der Waals surface area contributed by atoms with Crippen molar-refractivity contribution >= 4 is 49.0 Å². The monoisotopic (exact) mass is 401 g/mol. The quantitative estimate of drug-likeness (QED) is 0.681. The molecule has 0 aliphatic heterocycles. The molecule has 0 N–H and O–H groups in total. The molecule has 0 aliphatic rings. The molecule has 0 amide bonds. The molecule has 0 fully saturated rings. The van der Waals surface area contributed by atoms with Crippen LogP contribution in [0.3, 0.4) is 0 Å². The number of thiophene rings is 1. The molecule has 2 aromatic rings. The van der Waals surface area contributed by atoms with Crippen molar-refractivity contribution in [2.75, 3.05) is 13.6 Å². The van der Waals surface area contributed by atoms with E-state index in [2.05, 4.69) is 43.3 Å². The zero-order valence-electron chi connectivity index (χ0n) is 10.4. The first-order chi connectivity index (χ1) is 9.04. The second-order valence-corrected chi connectivity index (χ2v) is 7.16. The average molecular weight is 403 g/mol. The summed E-state index contributed by atoms with van der Waals surface area (Å²) < 4.78 is 2.08. The predicted molar refractivity (Wildman–Crippen MR) is 86.8 cm³/mol. The second kappa shape index (κ2) is 6.79. The SMILES string of the molecule is CN(CC(=O)c1ccc(Br)cc1)Cc1cc(Br)cs1. The van der Waals surface area contributed by atoms with Crippen LogP contribution < -0.4 is 0 Å². The molecule has 0 spiro atoms. The summed E-state index contributed by atoms with van der Waals surface area (Å²) in [5.74, 6) is 0.144. The van der Waals surface area contributed by atoms with Gasteiger partial charge >= 0.3 is 0 Å². The molecule has 1 aromatic heterocycles. The van der Waals surface area contributed by atoms with Gasteiger partial charge in [0.15, 0.2) is 5.78 Å². The third-order valence-electron chi connectivity index (χ3n) is 2.63. The minimum Gasteiger partial charge on any atom is -0.294 e. The number of ketones is 1. The molecule has 2 nitrogen and oxygen atoms in total. The summed E-state index contributed by atoms with van der Waals surface area (Å²) in [7, 11) is 1.96. The summed E-state index contributed by atoms with van der Waals surface area (Å²) in [6.45, 7) is 1.22. The van der Waals surface area contributed by atoms with E-state index in [1.807, 2.05) is 36.2 Å². The van der Waals surface area contributed by atoms with Crippen molar-refractivity contribution in [3.05, 3.63) is 55.1 Å². The topological polar surface area (TPSA) is 20.3 Å². The van der Waals surface area contributed by atoms with Crippen LogP contribution in [-0.2, 0) is 6.54 Å². The van der Waals surface area contributed by atoms with Crippen molar-refractivity contribution in [3.63, 3.8) is 0 Å². The number of likely N-dealkylation sites (N-methyl/N-ethyl adjacent to an activating group) is 1. The molecule has 5 heteroatoms. The molecule has 2 rings (SSSR count). The average Bonchev–Trinajstić information content (AvgIpc) is 2.75. The Bertz CT molecular complexity index is 565. The number of hydrogen-bond acceptors (Lipinski definition) is 3. The molecule has 1 heterocycles. The Morgan fingerprint density at radius 2 is 1.89 bits per heavy atom. The van der Waals surface area contributed by atoms with E-state index in [1.54, 1.807) is 11.3 Å². The van der Waals surface area contributed by atoms with Crippen LogP contribution in [-0.4, -0.2) is 24.3 Å². The lowest BCUT2D eigenvalue weighted by atomic mass is 10.1. The smallest absolute Gasteiger partial charge is 0.176 e. The minimum absolute atomic E-state index is 0.144. The van der Waals surface area contributed by atoms with Gasteiger partial charge in [0, 0.05) is 31.3 Å². The first-order valence-corrected chi connectivity index (χ1v) is 8.21. The standard InChI is InChI=1S/C14H13Br2NOS/c1-17(7-13-6-12(16)9-19-13)8-14(18)10-2-4-11(15)5-3-10/h2-6,9H,7-8H2,1H3. The van der Waals surface area contributed by atoms with Crippen molar-refractivity contribution in [3.8, 4) is 0 Å². The highest BCUT2D eigenvalue weighted by molar-refractivity contribution is 9.10. The number of halogens is 2. The first kappa shape index (κ1) is 14.9. The molecule has 19 heavy (non-hydrogen) atoms. The summed E-state index contributed by atoms with van der Waals surface area (Å²) in [6, 6.07) is 9.57. The van der Waals surface area contributed by atoms with Crippen molar-refractivity contribution < 1.29 is 4.79 Å². The van der Waals surface area contributed by atoms with E-state index in [0.717, 1.165) is 21.1 Å². The van der Waals surface area contributed by atoms with Gasteiger partial charge in [-0.1, -0.05) is 28.1 Å². The van der Waals surface area contributed by atoms with Crippen LogP contribution in [0.4, 0.5) is 0 Å². The zero-order valence-corrected chi connectivity index (χ0v) is 14.4. The molecular formula is C14H13Br2NOS.